The van der Waals surface area contributed by atoms with E-state index in [1.165, 1.54) is 12.0 Å². The normalized spacial score (nSPS) is 15.2. The second-order valence-electron chi connectivity index (χ2n) is 4.44. The highest BCUT2D eigenvalue weighted by Gasteiger charge is 2.09. The van der Waals surface area contributed by atoms with Crippen LogP contribution in [-0.4, -0.2) is 22.4 Å². The van der Waals surface area contributed by atoms with E-state index >= 15 is 0 Å². The van der Waals surface area contributed by atoms with Gasteiger partial charge in [0.15, 0.2) is 0 Å². The number of hydrogen-bond donors (Lipinski definition) is 1. The first-order chi connectivity index (χ1) is 7.13. The summed E-state index contributed by atoms with van der Waals surface area (Å²) in [4.78, 5) is 0. The molecule has 0 spiro atoms. The lowest BCUT2D eigenvalue weighted by atomic mass is 10.1. The molecule has 1 N–H and O–H groups in total. The molecule has 2 unspecified atom stereocenters. The Balaban J connectivity index is 2.38. The molecule has 0 aromatic carbocycles. The maximum atomic E-state index is 4.34. The summed E-state index contributed by atoms with van der Waals surface area (Å²) in [6, 6.07) is 1.03. The largest absolute Gasteiger partial charge is 0.314 e. The minimum absolute atomic E-state index is 0.470. The molecule has 1 rings (SSSR count). The molecule has 0 aliphatic rings. The summed E-state index contributed by atoms with van der Waals surface area (Å²) in [5, 5.41) is 7.84. The zero-order valence-electron chi connectivity index (χ0n) is 10.3. The van der Waals surface area contributed by atoms with E-state index in [0.29, 0.717) is 12.1 Å². The molecule has 86 valence electrons. The molecule has 0 aliphatic heterocycles. The molecular weight excluding hydrogens is 186 g/mol. The summed E-state index contributed by atoms with van der Waals surface area (Å²) in [6.07, 6.45) is 6.35. The van der Waals surface area contributed by atoms with Gasteiger partial charge in [-0.25, -0.2) is 0 Å². The van der Waals surface area contributed by atoms with Crippen LogP contribution < -0.4 is 5.32 Å². The molecule has 0 fully saturated rings. The van der Waals surface area contributed by atoms with Crippen LogP contribution in [0.25, 0.3) is 0 Å². The Labute approximate surface area is 92.9 Å². The maximum Gasteiger partial charge on any atom is 0.0519 e. The summed E-state index contributed by atoms with van der Waals surface area (Å²) in [7, 11) is 0. The van der Waals surface area contributed by atoms with Crippen LogP contribution in [0.3, 0.4) is 0 Å². The van der Waals surface area contributed by atoms with E-state index in [9.17, 15) is 0 Å². The molecule has 0 bridgehead atoms. The predicted molar refractivity (Wildman–Crippen MR) is 64.0 cm³/mol. The van der Waals surface area contributed by atoms with E-state index in [-0.39, 0.29) is 0 Å². The molecule has 2 atom stereocenters. The lowest BCUT2D eigenvalue weighted by Crippen LogP contribution is -2.29. The molecule has 0 saturated heterocycles. The van der Waals surface area contributed by atoms with Crippen LogP contribution in [0.5, 0.6) is 0 Å². The van der Waals surface area contributed by atoms with Crippen molar-refractivity contribution in [2.75, 3.05) is 6.54 Å². The van der Waals surface area contributed by atoms with Crippen molar-refractivity contribution in [2.24, 2.45) is 0 Å². The number of rotatable bonds is 6. The number of hydrogen-bond acceptors (Lipinski definition) is 2. The van der Waals surface area contributed by atoms with E-state index in [4.69, 9.17) is 0 Å². The minimum atomic E-state index is 0.470. The van der Waals surface area contributed by atoms with Crippen molar-refractivity contribution < 1.29 is 0 Å². The third-order valence-electron chi connectivity index (χ3n) is 2.62. The number of nitrogens with one attached hydrogen (secondary N) is 1. The van der Waals surface area contributed by atoms with Crippen molar-refractivity contribution in [3.63, 3.8) is 0 Å². The van der Waals surface area contributed by atoms with Gasteiger partial charge in [-0.2, -0.15) is 5.10 Å². The minimum Gasteiger partial charge on any atom is -0.314 e. The summed E-state index contributed by atoms with van der Waals surface area (Å²) >= 11 is 0. The molecule has 1 aromatic heterocycles. The fraction of sp³-hybridized carbons (Fsp3) is 0.750. The quantitative estimate of drug-likeness (QED) is 0.780. The highest BCUT2D eigenvalue weighted by atomic mass is 15.3. The smallest absolute Gasteiger partial charge is 0.0519 e. The Bertz CT molecular complexity index is 280. The van der Waals surface area contributed by atoms with Crippen LogP contribution in [0.4, 0.5) is 0 Å². The second-order valence-corrected chi connectivity index (χ2v) is 4.44. The predicted octanol–water partition coefficient (Wildman–Crippen LogP) is 2.53. The zero-order valence-corrected chi connectivity index (χ0v) is 10.3. The lowest BCUT2D eigenvalue weighted by Gasteiger charge is -2.18. The first-order valence-electron chi connectivity index (χ1n) is 5.87. The van der Waals surface area contributed by atoms with Gasteiger partial charge in [0.25, 0.3) is 0 Å². The van der Waals surface area contributed by atoms with E-state index < -0.39 is 0 Å². The van der Waals surface area contributed by atoms with Gasteiger partial charge >= 0.3 is 0 Å². The fourth-order valence-electron chi connectivity index (χ4n) is 1.77. The summed E-state index contributed by atoms with van der Waals surface area (Å²) < 4.78 is 2.06. The molecule has 3 heteroatoms. The average Bonchev–Trinajstić information content (AvgIpc) is 2.61. The maximum absolute atomic E-state index is 4.34. The molecule has 0 aliphatic carbocycles. The van der Waals surface area contributed by atoms with Gasteiger partial charge in [-0.15, -0.1) is 0 Å². The van der Waals surface area contributed by atoms with Gasteiger partial charge < -0.3 is 5.32 Å². The summed E-state index contributed by atoms with van der Waals surface area (Å²) in [5.74, 6) is 0. The monoisotopic (exact) mass is 209 g/mol. The highest BCUT2D eigenvalue weighted by molar-refractivity contribution is 5.00. The fourth-order valence-corrected chi connectivity index (χ4v) is 1.77. The van der Waals surface area contributed by atoms with Gasteiger partial charge in [0.05, 0.1) is 12.2 Å². The molecular formula is C12H23N3. The Kier molecular flexibility index (Phi) is 4.82. The van der Waals surface area contributed by atoms with E-state index in [2.05, 4.69) is 49.0 Å². The van der Waals surface area contributed by atoms with Crippen LogP contribution in [0.1, 0.15) is 45.2 Å². The van der Waals surface area contributed by atoms with Crippen molar-refractivity contribution in [3.8, 4) is 0 Å². The average molecular weight is 209 g/mol. The Hall–Kier alpha value is -0.830. The Morgan fingerprint density at radius 3 is 2.73 bits per heavy atom. The number of aromatic nitrogens is 2. The number of aryl methyl sites for hydroxylation is 1. The third-order valence-corrected chi connectivity index (χ3v) is 2.62. The second kappa shape index (κ2) is 5.91. The molecule has 1 heterocycles. The molecule has 15 heavy (non-hydrogen) atoms. The Morgan fingerprint density at radius 2 is 2.20 bits per heavy atom. The van der Waals surface area contributed by atoms with Gasteiger partial charge in [-0.3, -0.25) is 4.68 Å². The molecule has 1 aromatic rings. The van der Waals surface area contributed by atoms with E-state index in [0.717, 1.165) is 13.0 Å². The van der Waals surface area contributed by atoms with Crippen LogP contribution in [0, 0.1) is 6.92 Å². The van der Waals surface area contributed by atoms with Gasteiger partial charge in [0.2, 0.25) is 0 Å². The van der Waals surface area contributed by atoms with Crippen LogP contribution in [-0.2, 0) is 0 Å². The molecule has 0 saturated carbocycles. The van der Waals surface area contributed by atoms with E-state index in [1.54, 1.807) is 0 Å². The Morgan fingerprint density at radius 1 is 1.47 bits per heavy atom. The van der Waals surface area contributed by atoms with Crippen molar-refractivity contribution in [3.05, 3.63) is 18.0 Å². The van der Waals surface area contributed by atoms with Gasteiger partial charge in [-0.05, 0) is 45.7 Å². The standard InChI is InChI=1S/C12H23N3/c1-5-6-13-11(3)7-12(4)15-9-10(2)8-14-15/h8-9,11-13H,5-7H2,1-4H3. The van der Waals surface area contributed by atoms with Crippen LogP contribution in [0.2, 0.25) is 0 Å². The first kappa shape index (κ1) is 12.2. The summed E-state index contributed by atoms with van der Waals surface area (Å²) in [6.45, 7) is 9.83. The lowest BCUT2D eigenvalue weighted by molar-refractivity contribution is 0.389. The zero-order chi connectivity index (χ0) is 11.3. The van der Waals surface area contributed by atoms with Crippen LogP contribution >= 0.6 is 0 Å². The van der Waals surface area contributed by atoms with Crippen molar-refractivity contribution in [2.45, 2.75) is 52.6 Å². The van der Waals surface area contributed by atoms with Crippen molar-refractivity contribution in [1.29, 1.82) is 0 Å². The first-order valence-corrected chi connectivity index (χ1v) is 5.87. The molecule has 0 radical (unpaired) electrons. The highest BCUT2D eigenvalue weighted by Crippen LogP contribution is 2.12. The van der Waals surface area contributed by atoms with Gasteiger partial charge in [0.1, 0.15) is 0 Å². The van der Waals surface area contributed by atoms with Crippen LogP contribution in [0.15, 0.2) is 12.4 Å². The van der Waals surface area contributed by atoms with Gasteiger partial charge in [0, 0.05) is 12.2 Å². The number of nitrogens with zero attached hydrogens (tertiary/aromatic N) is 2. The SMILES string of the molecule is CCCNC(C)CC(C)n1cc(C)cn1. The topological polar surface area (TPSA) is 29.9 Å². The van der Waals surface area contributed by atoms with Crippen molar-refractivity contribution >= 4 is 0 Å². The molecule has 3 nitrogen and oxygen atoms in total. The third kappa shape index (κ3) is 4.04. The van der Waals surface area contributed by atoms with Gasteiger partial charge in [-0.1, -0.05) is 6.92 Å². The van der Waals surface area contributed by atoms with Crippen molar-refractivity contribution in [1.82, 2.24) is 15.1 Å². The van der Waals surface area contributed by atoms with E-state index in [1.807, 2.05) is 6.20 Å². The summed E-state index contributed by atoms with van der Waals surface area (Å²) in [5.41, 5.74) is 1.23. The molecule has 0 amide bonds.